The van der Waals surface area contributed by atoms with Gasteiger partial charge in [-0.25, -0.2) is 0 Å². The SMILES string of the molecule is CCCCOC(=O)C1(CN2CCC(C=O)(COC)CC2)CCC1. The van der Waals surface area contributed by atoms with Crippen LogP contribution in [0.2, 0.25) is 0 Å². The molecule has 0 aromatic carbocycles. The second-order valence-corrected chi connectivity index (χ2v) is 7.31. The Morgan fingerprint density at radius 2 is 1.91 bits per heavy atom. The fourth-order valence-electron chi connectivity index (χ4n) is 3.66. The number of hydrogen-bond acceptors (Lipinski definition) is 5. The average molecular weight is 325 g/mol. The molecule has 1 aliphatic heterocycles. The van der Waals surface area contributed by atoms with Gasteiger partial charge in [-0.3, -0.25) is 4.79 Å². The number of hydrogen-bond donors (Lipinski definition) is 0. The van der Waals surface area contributed by atoms with Gasteiger partial charge in [-0.15, -0.1) is 0 Å². The van der Waals surface area contributed by atoms with Crippen LogP contribution < -0.4 is 0 Å². The Morgan fingerprint density at radius 1 is 1.22 bits per heavy atom. The number of nitrogens with zero attached hydrogens (tertiary/aromatic N) is 1. The molecular formula is C18H31NO4. The van der Waals surface area contributed by atoms with E-state index in [-0.39, 0.29) is 16.8 Å². The van der Waals surface area contributed by atoms with E-state index < -0.39 is 0 Å². The molecule has 1 saturated carbocycles. The minimum Gasteiger partial charge on any atom is -0.465 e. The molecule has 0 spiro atoms. The van der Waals surface area contributed by atoms with Crippen molar-refractivity contribution in [3.8, 4) is 0 Å². The molecule has 132 valence electrons. The van der Waals surface area contributed by atoms with Crippen LogP contribution in [0.3, 0.4) is 0 Å². The number of methoxy groups -OCH3 is 1. The summed E-state index contributed by atoms with van der Waals surface area (Å²) in [5, 5.41) is 0. The molecular weight excluding hydrogens is 294 g/mol. The fraction of sp³-hybridized carbons (Fsp3) is 0.889. The topological polar surface area (TPSA) is 55.8 Å². The van der Waals surface area contributed by atoms with Crippen LogP contribution in [0.1, 0.15) is 51.9 Å². The van der Waals surface area contributed by atoms with Crippen molar-refractivity contribution >= 4 is 12.3 Å². The van der Waals surface area contributed by atoms with Gasteiger partial charge in [-0.2, -0.15) is 0 Å². The zero-order valence-electron chi connectivity index (χ0n) is 14.6. The van der Waals surface area contributed by atoms with Gasteiger partial charge in [-0.05, 0) is 45.2 Å². The fourth-order valence-corrected chi connectivity index (χ4v) is 3.66. The third-order valence-corrected chi connectivity index (χ3v) is 5.53. The van der Waals surface area contributed by atoms with Crippen molar-refractivity contribution in [1.82, 2.24) is 4.90 Å². The molecule has 0 unspecified atom stereocenters. The van der Waals surface area contributed by atoms with Gasteiger partial charge in [-0.1, -0.05) is 19.8 Å². The van der Waals surface area contributed by atoms with Crippen LogP contribution in [0.15, 0.2) is 0 Å². The number of likely N-dealkylation sites (tertiary alicyclic amines) is 1. The summed E-state index contributed by atoms with van der Waals surface area (Å²) in [6, 6.07) is 0. The lowest BCUT2D eigenvalue weighted by Gasteiger charge is -2.45. The summed E-state index contributed by atoms with van der Waals surface area (Å²) in [7, 11) is 1.65. The first kappa shape index (κ1) is 18.4. The van der Waals surface area contributed by atoms with Crippen molar-refractivity contribution in [2.24, 2.45) is 10.8 Å². The Morgan fingerprint density at radius 3 is 2.39 bits per heavy atom. The second-order valence-electron chi connectivity index (χ2n) is 7.31. The van der Waals surface area contributed by atoms with Crippen LogP contribution >= 0.6 is 0 Å². The van der Waals surface area contributed by atoms with Crippen molar-refractivity contribution in [2.45, 2.75) is 51.9 Å². The molecule has 1 aliphatic carbocycles. The van der Waals surface area contributed by atoms with Gasteiger partial charge in [0.25, 0.3) is 0 Å². The highest BCUT2D eigenvalue weighted by Crippen LogP contribution is 2.44. The molecule has 2 fully saturated rings. The molecule has 23 heavy (non-hydrogen) atoms. The summed E-state index contributed by atoms with van der Waals surface area (Å²) in [4.78, 5) is 26.2. The number of carbonyl (C=O) groups excluding carboxylic acids is 2. The van der Waals surface area contributed by atoms with E-state index in [1.165, 1.54) is 0 Å². The minimum absolute atomic E-state index is 0.0127. The van der Waals surface area contributed by atoms with Crippen LogP contribution in [-0.4, -0.2) is 57.1 Å². The zero-order chi connectivity index (χ0) is 16.8. The summed E-state index contributed by atoms with van der Waals surface area (Å²) in [5.41, 5.74) is -0.629. The first-order valence-electron chi connectivity index (χ1n) is 8.95. The molecule has 0 bridgehead atoms. The molecule has 5 heteroatoms. The number of carbonyl (C=O) groups is 2. The van der Waals surface area contributed by atoms with E-state index in [0.717, 1.165) is 70.9 Å². The molecule has 0 radical (unpaired) electrons. The predicted molar refractivity (Wildman–Crippen MR) is 88.2 cm³/mol. The van der Waals surface area contributed by atoms with E-state index in [4.69, 9.17) is 9.47 Å². The smallest absolute Gasteiger partial charge is 0.313 e. The Labute approximate surface area is 139 Å². The first-order valence-corrected chi connectivity index (χ1v) is 8.95. The maximum atomic E-state index is 12.5. The summed E-state index contributed by atoms with van der Waals surface area (Å²) < 4.78 is 10.7. The van der Waals surface area contributed by atoms with E-state index in [0.29, 0.717) is 13.2 Å². The van der Waals surface area contributed by atoms with E-state index in [2.05, 4.69) is 11.8 Å². The van der Waals surface area contributed by atoms with Crippen molar-refractivity contribution in [3.05, 3.63) is 0 Å². The van der Waals surface area contributed by atoms with Crippen molar-refractivity contribution in [1.29, 1.82) is 0 Å². The Bertz CT molecular complexity index is 398. The molecule has 2 aliphatic rings. The Balaban J connectivity index is 1.86. The molecule has 2 rings (SSSR count). The molecule has 0 aromatic rings. The second kappa shape index (κ2) is 8.25. The lowest BCUT2D eigenvalue weighted by molar-refractivity contribution is -0.164. The Kier molecular flexibility index (Phi) is 6.60. The summed E-state index contributed by atoms with van der Waals surface area (Å²) in [5.74, 6) is -0.0127. The standard InChI is InChI=1S/C18H31NO4/c1-3-4-12-23-16(21)18(6-5-7-18)13-19-10-8-17(14-20,9-11-19)15-22-2/h14H,3-13,15H2,1-2H3. The Hall–Kier alpha value is -0.940. The lowest BCUT2D eigenvalue weighted by Crippen LogP contribution is -2.52. The molecule has 1 saturated heterocycles. The summed E-state index contributed by atoms with van der Waals surface area (Å²) >= 11 is 0. The highest BCUT2D eigenvalue weighted by molar-refractivity contribution is 5.78. The van der Waals surface area contributed by atoms with Crippen LogP contribution in [0, 0.1) is 10.8 Å². The van der Waals surface area contributed by atoms with Gasteiger partial charge >= 0.3 is 5.97 Å². The molecule has 5 nitrogen and oxygen atoms in total. The monoisotopic (exact) mass is 325 g/mol. The third-order valence-electron chi connectivity index (χ3n) is 5.53. The van der Waals surface area contributed by atoms with Gasteiger partial charge in [0.15, 0.2) is 0 Å². The molecule has 0 N–H and O–H groups in total. The normalized spacial score (nSPS) is 23.0. The van der Waals surface area contributed by atoms with E-state index in [1.54, 1.807) is 7.11 Å². The summed E-state index contributed by atoms with van der Waals surface area (Å²) in [6.45, 7) is 5.62. The van der Waals surface area contributed by atoms with Gasteiger partial charge in [0, 0.05) is 13.7 Å². The predicted octanol–water partition coefficient (Wildman–Crippen LogP) is 2.43. The van der Waals surface area contributed by atoms with Crippen LogP contribution in [0.5, 0.6) is 0 Å². The van der Waals surface area contributed by atoms with Crippen LogP contribution in [-0.2, 0) is 19.1 Å². The van der Waals surface area contributed by atoms with E-state index in [1.807, 2.05) is 0 Å². The lowest BCUT2D eigenvalue weighted by atomic mass is 9.68. The number of unbranched alkanes of at least 4 members (excludes halogenated alkanes) is 1. The van der Waals surface area contributed by atoms with E-state index in [9.17, 15) is 9.59 Å². The quantitative estimate of drug-likeness (QED) is 0.370. The largest absolute Gasteiger partial charge is 0.465 e. The molecule has 0 aromatic heterocycles. The molecule has 1 heterocycles. The number of ether oxygens (including phenoxy) is 2. The highest BCUT2D eigenvalue weighted by Gasteiger charge is 2.47. The van der Waals surface area contributed by atoms with Crippen LogP contribution in [0.4, 0.5) is 0 Å². The van der Waals surface area contributed by atoms with Crippen LogP contribution in [0.25, 0.3) is 0 Å². The first-order chi connectivity index (χ1) is 11.1. The number of esters is 1. The van der Waals surface area contributed by atoms with Gasteiger partial charge < -0.3 is 19.2 Å². The van der Waals surface area contributed by atoms with Gasteiger partial charge in [0.1, 0.15) is 6.29 Å². The average Bonchev–Trinajstić information content (AvgIpc) is 2.53. The zero-order valence-corrected chi connectivity index (χ0v) is 14.6. The number of rotatable bonds is 9. The summed E-state index contributed by atoms with van der Waals surface area (Å²) in [6.07, 6.45) is 7.64. The third kappa shape index (κ3) is 4.32. The van der Waals surface area contributed by atoms with Gasteiger partial charge in [0.2, 0.25) is 0 Å². The number of aldehydes is 1. The number of piperidine rings is 1. The maximum Gasteiger partial charge on any atom is 0.313 e. The van der Waals surface area contributed by atoms with Crippen molar-refractivity contribution in [3.63, 3.8) is 0 Å². The minimum atomic E-state index is -0.334. The highest BCUT2D eigenvalue weighted by atomic mass is 16.5. The van der Waals surface area contributed by atoms with Crippen molar-refractivity contribution < 1.29 is 19.1 Å². The molecule has 0 atom stereocenters. The van der Waals surface area contributed by atoms with Crippen molar-refractivity contribution in [2.75, 3.05) is 40.0 Å². The van der Waals surface area contributed by atoms with Gasteiger partial charge in [0.05, 0.1) is 24.0 Å². The van der Waals surface area contributed by atoms with E-state index >= 15 is 0 Å². The maximum absolute atomic E-state index is 12.5. The molecule has 0 amide bonds.